The summed E-state index contributed by atoms with van der Waals surface area (Å²) in [7, 11) is -0.109. The first-order valence-corrected chi connectivity index (χ1v) is 7.08. The molecule has 84 valence electrons. The van der Waals surface area contributed by atoms with Crippen molar-refractivity contribution in [3.8, 4) is 0 Å². The van der Waals surface area contributed by atoms with Crippen LogP contribution in [0, 0.1) is 5.92 Å². The molecule has 0 radical (unpaired) electrons. The summed E-state index contributed by atoms with van der Waals surface area (Å²) in [5.41, 5.74) is 0.446. The highest BCUT2D eigenvalue weighted by Crippen LogP contribution is 2.23. The van der Waals surface area contributed by atoms with Gasteiger partial charge in [0, 0.05) is 0 Å². The van der Waals surface area contributed by atoms with Gasteiger partial charge in [0.25, 0.3) is 0 Å². The molecule has 0 aromatic heterocycles. The van der Waals surface area contributed by atoms with Crippen LogP contribution in [0.3, 0.4) is 0 Å². The van der Waals surface area contributed by atoms with E-state index in [2.05, 4.69) is 20.8 Å². The van der Waals surface area contributed by atoms with Gasteiger partial charge < -0.3 is 0 Å². The molecule has 2 heteroatoms. The lowest BCUT2D eigenvalue weighted by Gasteiger charge is -2.07. The van der Waals surface area contributed by atoms with E-state index in [1.54, 1.807) is 0 Å². The van der Waals surface area contributed by atoms with E-state index in [4.69, 9.17) is 0 Å². The van der Waals surface area contributed by atoms with Gasteiger partial charge in [0.2, 0.25) is 0 Å². The molecule has 0 heterocycles. The molecule has 14 heavy (non-hydrogen) atoms. The Labute approximate surface area is 90.9 Å². The summed E-state index contributed by atoms with van der Waals surface area (Å²) >= 11 is 0. The molecule has 0 amide bonds. The van der Waals surface area contributed by atoms with Gasteiger partial charge in [0.1, 0.15) is 0 Å². The van der Waals surface area contributed by atoms with E-state index in [1.165, 1.54) is 38.5 Å². The first-order chi connectivity index (χ1) is 6.72. The fourth-order valence-corrected chi connectivity index (χ4v) is 2.27. The second-order valence-electron chi connectivity index (χ2n) is 4.52. The summed E-state index contributed by atoms with van der Waals surface area (Å²) in [6, 6.07) is 0. The van der Waals surface area contributed by atoms with E-state index in [1.807, 2.05) is 0 Å². The van der Waals surface area contributed by atoms with Gasteiger partial charge in [-0.3, -0.25) is 0 Å². The summed E-state index contributed by atoms with van der Waals surface area (Å²) in [6.07, 6.45) is 9.18. The van der Waals surface area contributed by atoms with Crippen molar-refractivity contribution in [2.75, 3.05) is 0 Å². The third kappa shape index (κ3) is 7.50. The minimum Gasteiger partial charge on any atom is -0.0771 e. The van der Waals surface area contributed by atoms with Crippen LogP contribution >= 0.6 is 8.46 Å². The molecule has 2 unspecified atom stereocenters. The van der Waals surface area contributed by atoms with E-state index >= 15 is 0 Å². The zero-order valence-electron chi connectivity index (χ0n) is 10.0. The van der Waals surface area contributed by atoms with Crippen molar-refractivity contribution in [3.63, 3.8) is 0 Å². The molecule has 0 saturated heterocycles. The number of hydrogen-bond donors (Lipinski definition) is 0. The Morgan fingerprint density at radius 3 is 2.07 bits per heavy atom. The van der Waals surface area contributed by atoms with Gasteiger partial charge in [-0.15, -0.1) is 0 Å². The molecule has 0 spiro atoms. The van der Waals surface area contributed by atoms with Crippen molar-refractivity contribution in [3.05, 3.63) is 0 Å². The Morgan fingerprint density at radius 2 is 1.57 bits per heavy atom. The Balaban J connectivity index is 3.29. The van der Waals surface area contributed by atoms with Gasteiger partial charge in [0.15, 0.2) is 5.66 Å². The fraction of sp³-hybridized carbons (Fsp3) is 1.00. The van der Waals surface area contributed by atoms with Gasteiger partial charge in [-0.2, -0.15) is 0 Å². The van der Waals surface area contributed by atoms with Crippen LogP contribution in [0.2, 0.25) is 0 Å². The van der Waals surface area contributed by atoms with Crippen LogP contribution in [0.1, 0.15) is 65.7 Å². The molecule has 0 aromatic carbocycles. The van der Waals surface area contributed by atoms with Crippen molar-refractivity contribution in [2.45, 2.75) is 71.4 Å². The summed E-state index contributed by atoms with van der Waals surface area (Å²) in [5.74, 6) is 0.585. The van der Waals surface area contributed by atoms with E-state index in [-0.39, 0.29) is 8.46 Å². The molecule has 1 nitrogen and oxygen atoms in total. The SMILES string of the molecule is CCCCCCCCC([PH+]=O)C(C)C. The molecule has 0 aliphatic heterocycles. The minimum atomic E-state index is -0.109. The van der Waals surface area contributed by atoms with Crippen molar-refractivity contribution in [1.82, 2.24) is 0 Å². The molecular formula is C12H26OP+. The Kier molecular flexibility index (Phi) is 9.72. The molecule has 0 fully saturated rings. The highest BCUT2D eigenvalue weighted by Gasteiger charge is 2.19. The van der Waals surface area contributed by atoms with E-state index < -0.39 is 0 Å². The van der Waals surface area contributed by atoms with E-state index in [9.17, 15) is 4.57 Å². The smallest absolute Gasteiger partial charge is 0.0771 e. The van der Waals surface area contributed by atoms with Gasteiger partial charge in [0.05, 0.1) is 0 Å². The van der Waals surface area contributed by atoms with Crippen molar-refractivity contribution >= 4 is 8.46 Å². The molecule has 0 bridgehead atoms. The summed E-state index contributed by atoms with van der Waals surface area (Å²) < 4.78 is 10.9. The minimum absolute atomic E-state index is 0.109. The first kappa shape index (κ1) is 14.1. The lowest BCUT2D eigenvalue weighted by Crippen LogP contribution is -2.07. The second-order valence-corrected chi connectivity index (χ2v) is 5.50. The van der Waals surface area contributed by atoms with Crippen LogP contribution in [0.15, 0.2) is 0 Å². The maximum absolute atomic E-state index is 10.9. The molecule has 0 aliphatic carbocycles. The Bertz CT molecular complexity index is 134. The number of rotatable bonds is 9. The fourth-order valence-electron chi connectivity index (χ4n) is 1.67. The molecule has 0 aliphatic rings. The van der Waals surface area contributed by atoms with Crippen LogP contribution in [0.4, 0.5) is 0 Å². The van der Waals surface area contributed by atoms with Crippen molar-refractivity contribution in [2.24, 2.45) is 5.92 Å². The third-order valence-electron chi connectivity index (χ3n) is 2.82. The largest absolute Gasteiger partial charge is 0.328 e. The molecule has 0 rings (SSSR count). The summed E-state index contributed by atoms with van der Waals surface area (Å²) in [5, 5.41) is 0. The Morgan fingerprint density at radius 1 is 1.00 bits per heavy atom. The molecule has 0 N–H and O–H groups in total. The number of unbranched alkanes of at least 4 members (excludes halogenated alkanes) is 5. The quantitative estimate of drug-likeness (QED) is 0.401. The molecule has 0 aromatic rings. The van der Waals surface area contributed by atoms with Crippen molar-refractivity contribution in [1.29, 1.82) is 0 Å². The average molecular weight is 217 g/mol. The topological polar surface area (TPSA) is 17.1 Å². The highest BCUT2D eigenvalue weighted by molar-refractivity contribution is 7.24. The predicted molar refractivity (Wildman–Crippen MR) is 65.6 cm³/mol. The second kappa shape index (κ2) is 9.65. The average Bonchev–Trinajstić information content (AvgIpc) is 2.16. The van der Waals surface area contributed by atoms with Gasteiger partial charge in [-0.1, -0.05) is 57.4 Å². The molecule has 2 atom stereocenters. The van der Waals surface area contributed by atoms with Crippen LogP contribution in [0.5, 0.6) is 0 Å². The first-order valence-electron chi connectivity index (χ1n) is 6.10. The maximum Gasteiger partial charge on any atom is 0.328 e. The van der Waals surface area contributed by atoms with E-state index in [0.717, 1.165) is 6.42 Å². The standard InChI is InChI=1S/C12H25OP/c1-4-5-6-7-8-9-10-12(14-13)11(2)3/h11-12H,4-10H2,1-3H3/p+1. The lowest BCUT2D eigenvalue weighted by atomic mass is 10.0. The van der Waals surface area contributed by atoms with Gasteiger partial charge >= 0.3 is 8.46 Å². The normalized spacial score (nSPS) is 13.7. The zero-order chi connectivity index (χ0) is 10.8. The van der Waals surface area contributed by atoms with Crippen molar-refractivity contribution < 1.29 is 4.57 Å². The van der Waals surface area contributed by atoms with Crippen LogP contribution in [-0.2, 0) is 4.57 Å². The number of hydrogen-bond acceptors (Lipinski definition) is 1. The zero-order valence-corrected chi connectivity index (χ0v) is 11.0. The summed E-state index contributed by atoms with van der Waals surface area (Å²) in [4.78, 5) is 0. The van der Waals surface area contributed by atoms with E-state index in [0.29, 0.717) is 11.6 Å². The van der Waals surface area contributed by atoms with Crippen LogP contribution in [0.25, 0.3) is 0 Å². The monoisotopic (exact) mass is 217 g/mol. The van der Waals surface area contributed by atoms with Gasteiger partial charge in [-0.05, 0) is 18.8 Å². The lowest BCUT2D eigenvalue weighted by molar-refractivity contribution is 0.503. The maximum atomic E-state index is 10.9. The van der Waals surface area contributed by atoms with Crippen LogP contribution < -0.4 is 0 Å². The van der Waals surface area contributed by atoms with Gasteiger partial charge in [-0.25, -0.2) is 0 Å². The molecular weight excluding hydrogens is 191 g/mol. The Hall–Kier alpha value is 0.100. The predicted octanol–water partition coefficient (Wildman–Crippen LogP) is 4.79. The molecule has 0 saturated carbocycles. The van der Waals surface area contributed by atoms with Crippen LogP contribution in [-0.4, -0.2) is 5.66 Å². The summed E-state index contributed by atoms with van der Waals surface area (Å²) in [6.45, 7) is 6.59. The third-order valence-corrected chi connectivity index (χ3v) is 4.08. The highest BCUT2D eigenvalue weighted by atomic mass is 31.1.